The van der Waals surface area contributed by atoms with Crippen LogP contribution in [0.2, 0.25) is 0 Å². The number of hydrogen-bond donors (Lipinski definition) is 2. The van der Waals surface area contributed by atoms with Crippen LogP contribution in [0.25, 0.3) is 10.9 Å². The van der Waals surface area contributed by atoms with Gasteiger partial charge in [0.15, 0.2) is 6.73 Å². The summed E-state index contributed by atoms with van der Waals surface area (Å²) in [4.78, 5) is 15.5. The van der Waals surface area contributed by atoms with Crippen molar-refractivity contribution >= 4 is 38.4 Å². The Morgan fingerprint density at radius 3 is 2.86 bits per heavy atom. The van der Waals surface area contributed by atoms with Crippen molar-refractivity contribution in [1.82, 2.24) is 14.8 Å². The lowest BCUT2D eigenvalue weighted by Crippen LogP contribution is -2.12. The molecule has 2 aromatic heterocycles. The van der Waals surface area contributed by atoms with Gasteiger partial charge in [0.2, 0.25) is 5.91 Å². The first-order valence-electron chi connectivity index (χ1n) is 8.93. The number of amides is 1. The molecular weight excluding hydrogens is 420 g/mol. The maximum atomic E-state index is 12.3. The normalized spacial score (nSPS) is 10.9. The number of aromatic amines is 1. The number of halogens is 1. The van der Waals surface area contributed by atoms with Crippen molar-refractivity contribution in [1.29, 1.82) is 0 Å². The average Bonchev–Trinajstić information content (AvgIpc) is 3.33. The Kier molecular flexibility index (Phi) is 5.43. The molecule has 0 bridgehead atoms. The number of carbonyl (C=O) groups is 1. The van der Waals surface area contributed by atoms with Gasteiger partial charge in [-0.05, 0) is 42.3 Å². The molecule has 2 heterocycles. The molecule has 7 heteroatoms. The summed E-state index contributed by atoms with van der Waals surface area (Å²) in [7, 11) is 0. The first kappa shape index (κ1) is 18.3. The molecule has 142 valence electrons. The van der Waals surface area contributed by atoms with Crippen molar-refractivity contribution in [2.75, 3.05) is 5.32 Å². The van der Waals surface area contributed by atoms with Gasteiger partial charge < -0.3 is 15.0 Å². The maximum Gasteiger partial charge on any atom is 0.224 e. The molecule has 0 radical (unpaired) electrons. The average molecular weight is 439 g/mol. The highest BCUT2D eigenvalue weighted by Crippen LogP contribution is 2.19. The number of H-pyrrole nitrogens is 1. The minimum atomic E-state index is -0.0429. The molecule has 4 rings (SSSR count). The summed E-state index contributed by atoms with van der Waals surface area (Å²) in [6.07, 6.45) is 6.42. The Balaban J connectivity index is 1.28. The number of anilines is 1. The Bertz CT molecular complexity index is 1090. The van der Waals surface area contributed by atoms with Crippen LogP contribution in [0, 0.1) is 0 Å². The summed E-state index contributed by atoms with van der Waals surface area (Å²) in [5.41, 5.74) is 2.89. The van der Waals surface area contributed by atoms with Crippen LogP contribution in [0.3, 0.4) is 0 Å². The highest BCUT2D eigenvalue weighted by atomic mass is 79.9. The molecule has 0 spiro atoms. The van der Waals surface area contributed by atoms with Gasteiger partial charge in [0, 0.05) is 28.0 Å². The number of benzene rings is 2. The summed E-state index contributed by atoms with van der Waals surface area (Å²) in [6, 6.07) is 15.7. The SMILES string of the molecule is O=C(CCc1c[nH]c2ccccc12)Nc1cnn(COc2ccc(Br)cc2)c1. The van der Waals surface area contributed by atoms with Gasteiger partial charge in [0.1, 0.15) is 5.75 Å². The van der Waals surface area contributed by atoms with Crippen LogP contribution in [0.1, 0.15) is 12.0 Å². The zero-order chi connectivity index (χ0) is 19.3. The van der Waals surface area contributed by atoms with Gasteiger partial charge in [-0.3, -0.25) is 4.79 Å². The van der Waals surface area contributed by atoms with Crippen LogP contribution in [0.4, 0.5) is 5.69 Å². The van der Waals surface area contributed by atoms with Gasteiger partial charge in [0.25, 0.3) is 0 Å². The van der Waals surface area contributed by atoms with E-state index in [0.717, 1.165) is 26.7 Å². The zero-order valence-corrected chi connectivity index (χ0v) is 16.6. The zero-order valence-electron chi connectivity index (χ0n) is 15.1. The fraction of sp³-hybridized carbons (Fsp3) is 0.143. The molecule has 28 heavy (non-hydrogen) atoms. The van der Waals surface area contributed by atoms with Crippen LogP contribution >= 0.6 is 15.9 Å². The van der Waals surface area contributed by atoms with Gasteiger partial charge >= 0.3 is 0 Å². The predicted octanol–water partition coefficient (Wildman–Crippen LogP) is 4.73. The first-order chi connectivity index (χ1) is 13.7. The second kappa shape index (κ2) is 8.31. The predicted molar refractivity (Wildman–Crippen MR) is 112 cm³/mol. The number of aryl methyl sites for hydroxylation is 1. The van der Waals surface area contributed by atoms with Crippen molar-refractivity contribution in [3.05, 3.63) is 77.2 Å². The number of para-hydroxylation sites is 1. The lowest BCUT2D eigenvalue weighted by Gasteiger charge is -2.06. The van der Waals surface area contributed by atoms with E-state index in [1.807, 2.05) is 48.7 Å². The number of aromatic nitrogens is 3. The first-order valence-corrected chi connectivity index (χ1v) is 9.72. The summed E-state index contributed by atoms with van der Waals surface area (Å²) >= 11 is 3.39. The topological polar surface area (TPSA) is 71.9 Å². The van der Waals surface area contributed by atoms with Gasteiger partial charge in [-0.2, -0.15) is 5.10 Å². The lowest BCUT2D eigenvalue weighted by atomic mass is 10.1. The highest BCUT2D eigenvalue weighted by Gasteiger charge is 2.08. The van der Waals surface area contributed by atoms with E-state index in [0.29, 0.717) is 18.5 Å². The standard InChI is InChI=1S/C21H19BrN4O2/c22-16-6-8-18(9-7-16)28-14-26-13-17(12-24-26)25-21(27)10-5-15-11-23-20-4-2-1-3-19(15)20/h1-4,6-9,11-13,23H,5,10,14H2,(H,25,27). The van der Waals surface area contributed by atoms with Crippen molar-refractivity contribution < 1.29 is 9.53 Å². The molecule has 0 aliphatic carbocycles. The Morgan fingerprint density at radius 2 is 2.00 bits per heavy atom. The quantitative estimate of drug-likeness (QED) is 0.437. The number of hydrogen-bond acceptors (Lipinski definition) is 3. The fourth-order valence-corrected chi connectivity index (χ4v) is 3.24. The summed E-state index contributed by atoms with van der Waals surface area (Å²) in [5.74, 6) is 0.710. The van der Waals surface area contributed by atoms with Crippen molar-refractivity contribution in [3.63, 3.8) is 0 Å². The van der Waals surface area contributed by atoms with Gasteiger partial charge in [-0.15, -0.1) is 0 Å². The molecule has 0 unspecified atom stereocenters. The van der Waals surface area contributed by atoms with Crippen LogP contribution in [-0.4, -0.2) is 20.7 Å². The number of carbonyl (C=O) groups excluding carboxylic acids is 1. The van der Waals surface area contributed by atoms with E-state index in [9.17, 15) is 4.79 Å². The lowest BCUT2D eigenvalue weighted by molar-refractivity contribution is -0.116. The summed E-state index contributed by atoms with van der Waals surface area (Å²) < 4.78 is 8.30. The fourth-order valence-electron chi connectivity index (χ4n) is 2.98. The van der Waals surface area contributed by atoms with E-state index < -0.39 is 0 Å². The van der Waals surface area contributed by atoms with Crippen molar-refractivity contribution in [2.24, 2.45) is 0 Å². The summed E-state index contributed by atoms with van der Waals surface area (Å²) in [6.45, 7) is 0.271. The summed E-state index contributed by atoms with van der Waals surface area (Å²) in [5, 5.41) is 8.26. The van der Waals surface area contributed by atoms with Crippen LogP contribution < -0.4 is 10.1 Å². The molecule has 6 nitrogen and oxygen atoms in total. The highest BCUT2D eigenvalue weighted by molar-refractivity contribution is 9.10. The molecule has 2 N–H and O–H groups in total. The van der Waals surface area contributed by atoms with Gasteiger partial charge in [-0.1, -0.05) is 34.1 Å². The molecule has 0 atom stereocenters. The number of ether oxygens (including phenoxy) is 1. The third-order valence-corrected chi connectivity index (χ3v) is 4.92. The molecule has 1 amide bonds. The maximum absolute atomic E-state index is 12.3. The third-order valence-electron chi connectivity index (χ3n) is 4.39. The molecule has 0 aliphatic rings. The largest absolute Gasteiger partial charge is 0.471 e. The van der Waals surface area contributed by atoms with Gasteiger partial charge in [0.05, 0.1) is 18.1 Å². The van der Waals surface area contributed by atoms with Crippen molar-refractivity contribution in [3.8, 4) is 5.75 Å². The van der Waals surface area contributed by atoms with E-state index >= 15 is 0 Å². The third kappa shape index (κ3) is 4.43. The van der Waals surface area contributed by atoms with Crippen LogP contribution in [0.15, 0.2) is 71.6 Å². The second-order valence-corrected chi connectivity index (χ2v) is 7.32. The smallest absolute Gasteiger partial charge is 0.224 e. The number of nitrogens with one attached hydrogen (secondary N) is 2. The van der Waals surface area contributed by atoms with Gasteiger partial charge in [-0.25, -0.2) is 4.68 Å². The van der Waals surface area contributed by atoms with Crippen LogP contribution in [-0.2, 0) is 17.9 Å². The molecular formula is C21H19BrN4O2. The number of rotatable bonds is 7. The second-order valence-electron chi connectivity index (χ2n) is 6.40. The van der Waals surface area contributed by atoms with E-state index in [2.05, 4.69) is 37.4 Å². The molecule has 0 saturated heterocycles. The Morgan fingerprint density at radius 1 is 1.18 bits per heavy atom. The van der Waals surface area contributed by atoms with E-state index in [-0.39, 0.29) is 12.6 Å². The molecule has 0 fully saturated rings. The minimum Gasteiger partial charge on any atom is -0.471 e. The van der Waals surface area contributed by atoms with Crippen molar-refractivity contribution in [2.45, 2.75) is 19.6 Å². The molecule has 0 saturated carbocycles. The Labute approximate surface area is 170 Å². The Hall–Kier alpha value is -3.06. The number of fused-ring (bicyclic) bond motifs is 1. The monoisotopic (exact) mass is 438 g/mol. The number of nitrogens with zero attached hydrogens (tertiary/aromatic N) is 2. The van der Waals surface area contributed by atoms with E-state index in [4.69, 9.17) is 4.74 Å². The molecule has 4 aromatic rings. The minimum absolute atomic E-state index is 0.0429. The van der Waals surface area contributed by atoms with Crippen LogP contribution in [0.5, 0.6) is 5.75 Å². The van der Waals surface area contributed by atoms with E-state index in [1.165, 1.54) is 0 Å². The molecule has 0 aliphatic heterocycles. The molecule has 2 aromatic carbocycles. The van der Waals surface area contributed by atoms with E-state index in [1.54, 1.807) is 17.1 Å².